The first kappa shape index (κ1) is 16.0. The minimum Gasteiger partial charge on any atom is -0.434 e. The smallest absolute Gasteiger partial charge is 0.310 e. The Bertz CT molecular complexity index is 269. The first-order valence-electron chi connectivity index (χ1n) is 6.33. The Hall–Kier alpha value is -1.05. The van der Waals surface area contributed by atoms with Crippen LogP contribution in [0.25, 0.3) is 0 Å². The summed E-state index contributed by atoms with van der Waals surface area (Å²) in [6, 6.07) is 0. The van der Waals surface area contributed by atoms with E-state index >= 15 is 0 Å². The van der Waals surface area contributed by atoms with Crippen LogP contribution < -0.4 is 0 Å². The molecule has 0 saturated heterocycles. The number of carbonyl (C=O) groups is 1. The normalized spacial score (nSPS) is 11.8. The molecule has 0 heterocycles. The largest absolute Gasteiger partial charge is 0.434 e. The van der Waals surface area contributed by atoms with Crippen LogP contribution in [0.15, 0.2) is 24.5 Å². The second-order valence-electron chi connectivity index (χ2n) is 5.76. The highest BCUT2D eigenvalue weighted by molar-refractivity contribution is 5.69. The predicted octanol–water partition coefficient (Wildman–Crippen LogP) is 4.62. The van der Waals surface area contributed by atoms with E-state index in [1.807, 2.05) is 6.92 Å². The van der Waals surface area contributed by atoms with Crippen molar-refractivity contribution in [3.8, 4) is 0 Å². The van der Waals surface area contributed by atoms with Crippen molar-refractivity contribution in [3.05, 3.63) is 24.5 Å². The topological polar surface area (TPSA) is 26.3 Å². The van der Waals surface area contributed by atoms with Crippen LogP contribution in [0.2, 0.25) is 0 Å². The molecule has 0 bridgehead atoms. The first-order chi connectivity index (χ1) is 7.81. The molecule has 0 amide bonds. The second kappa shape index (κ2) is 8.10. The predicted molar refractivity (Wildman–Crippen MR) is 72.6 cm³/mol. The average Bonchev–Trinajstić information content (AvgIpc) is 2.14. The summed E-state index contributed by atoms with van der Waals surface area (Å²) in [7, 11) is 0. The van der Waals surface area contributed by atoms with Crippen molar-refractivity contribution in [3.63, 3.8) is 0 Å². The zero-order chi connectivity index (χ0) is 13.3. The summed E-state index contributed by atoms with van der Waals surface area (Å²) in [6.45, 7) is 12.3. The lowest BCUT2D eigenvalue weighted by molar-refractivity contribution is -0.138. The molecule has 0 aromatic heterocycles. The molecule has 2 nitrogen and oxygen atoms in total. The molecule has 0 radical (unpaired) electrons. The third-order valence-electron chi connectivity index (χ3n) is 2.36. The van der Waals surface area contributed by atoms with Gasteiger partial charge < -0.3 is 4.74 Å². The van der Waals surface area contributed by atoms with Crippen LogP contribution in [-0.4, -0.2) is 5.97 Å². The minimum atomic E-state index is -0.154. The molecule has 0 N–H and O–H groups in total. The fourth-order valence-electron chi connectivity index (χ4n) is 1.39. The molecule has 2 heteroatoms. The SMILES string of the molecule is C=C(C)C=COC(=O)CCCCCC(C)(C)C. The van der Waals surface area contributed by atoms with Crippen molar-refractivity contribution >= 4 is 5.97 Å². The molecule has 0 fully saturated rings. The van der Waals surface area contributed by atoms with Crippen molar-refractivity contribution in [1.29, 1.82) is 0 Å². The Morgan fingerprint density at radius 1 is 1.24 bits per heavy atom. The number of hydrogen-bond donors (Lipinski definition) is 0. The van der Waals surface area contributed by atoms with Gasteiger partial charge in [-0.25, -0.2) is 0 Å². The minimum absolute atomic E-state index is 0.154. The molecule has 17 heavy (non-hydrogen) atoms. The van der Waals surface area contributed by atoms with Gasteiger partial charge in [-0.2, -0.15) is 0 Å². The van der Waals surface area contributed by atoms with Gasteiger partial charge in [-0.05, 0) is 31.3 Å². The van der Waals surface area contributed by atoms with E-state index in [0.717, 1.165) is 18.4 Å². The third kappa shape index (κ3) is 12.9. The lowest BCUT2D eigenvalue weighted by atomic mass is 9.89. The standard InChI is InChI=1S/C15H26O2/c1-13(2)10-12-17-14(16)9-7-6-8-11-15(3,4)5/h10,12H,1,6-9,11H2,2-5H3. The number of unbranched alkanes of at least 4 members (excludes halogenated alkanes) is 2. The molecule has 0 aromatic rings. The van der Waals surface area contributed by atoms with Gasteiger partial charge in [-0.15, -0.1) is 0 Å². The Morgan fingerprint density at radius 3 is 2.41 bits per heavy atom. The van der Waals surface area contributed by atoms with Crippen LogP contribution in [0.3, 0.4) is 0 Å². The van der Waals surface area contributed by atoms with Crippen molar-refractivity contribution in [2.24, 2.45) is 5.41 Å². The van der Waals surface area contributed by atoms with Gasteiger partial charge >= 0.3 is 5.97 Å². The summed E-state index contributed by atoms with van der Waals surface area (Å²) in [5.74, 6) is -0.154. The van der Waals surface area contributed by atoms with Gasteiger partial charge in [0, 0.05) is 6.42 Å². The fourth-order valence-corrected chi connectivity index (χ4v) is 1.39. The molecule has 0 aliphatic heterocycles. The quantitative estimate of drug-likeness (QED) is 0.280. The lowest BCUT2D eigenvalue weighted by Crippen LogP contribution is -2.04. The van der Waals surface area contributed by atoms with Crippen molar-refractivity contribution in [2.45, 2.75) is 59.8 Å². The summed E-state index contributed by atoms with van der Waals surface area (Å²) in [5, 5.41) is 0. The summed E-state index contributed by atoms with van der Waals surface area (Å²) >= 11 is 0. The van der Waals surface area contributed by atoms with Crippen LogP contribution in [-0.2, 0) is 9.53 Å². The van der Waals surface area contributed by atoms with E-state index in [2.05, 4.69) is 27.4 Å². The molecule has 0 saturated carbocycles. The molecular weight excluding hydrogens is 212 g/mol. The first-order valence-corrected chi connectivity index (χ1v) is 6.33. The number of ether oxygens (including phenoxy) is 1. The summed E-state index contributed by atoms with van der Waals surface area (Å²) in [5.41, 5.74) is 1.27. The van der Waals surface area contributed by atoms with Crippen LogP contribution in [0.4, 0.5) is 0 Å². The Labute approximate surface area is 106 Å². The monoisotopic (exact) mass is 238 g/mol. The Kier molecular flexibility index (Phi) is 7.60. The number of hydrogen-bond acceptors (Lipinski definition) is 2. The van der Waals surface area contributed by atoms with E-state index in [1.165, 1.54) is 19.1 Å². The number of carbonyl (C=O) groups excluding carboxylic acids is 1. The lowest BCUT2D eigenvalue weighted by Gasteiger charge is -2.17. The second-order valence-corrected chi connectivity index (χ2v) is 5.76. The number of esters is 1. The number of allylic oxidation sites excluding steroid dienone is 2. The molecule has 0 aliphatic carbocycles. The van der Waals surface area contributed by atoms with Gasteiger partial charge in [0.25, 0.3) is 0 Å². The zero-order valence-corrected chi connectivity index (χ0v) is 11.7. The highest BCUT2D eigenvalue weighted by Crippen LogP contribution is 2.22. The molecule has 0 rings (SSSR count). The van der Waals surface area contributed by atoms with Gasteiger partial charge in [0.05, 0.1) is 6.26 Å². The third-order valence-corrected chi connectivity index (χ3v) is 2.36. The molecule has 0 aromatic carbocycles. The van der Waals surface area contributed by atoms with E-state index in [1.54, 1.807) is 6.08 Å². The molecule has 0 aliphatic rings. The van der Waals surface area contributed by atoms with E-state index in [-0.39, 0.29) is 5.97 Å². The molecule has 0 spiro atoms. The highest BCUT2D eigenvalue weighted by Gasteiger charge is 2.09. The van der Waals surface area contributed by atoms with Gasteiger partial charge in [0.1, 0.15) is 0 Å². The van der Waals surface area contributed by atoms with Crippen molar-refractivity contribution < 1.29 is 9.53 Å². The summed E-state index contributed by atoms with van der Waals surface area (Å²) in [4.78, 5) is 11.3. The fraction of sp³-hybridized carbons (Fsp3) is 0.667. The molecule has 0 atom stereocenters. The van der Waals surface area contributed by atoms with Crippen molar-refractivity contribution in [1.82, 2.24) is 0 Å². The maximum absolute atomic E-state index is 11.3. The van der Waals surface area contributed by atoms with Crippen LogP contribution in [0, 0.1) is 5.41 Å². The van der Waals surface area contributed by atoms with Gasteiger partial charge in [-0.1, -0.05) is 45.8 Å². The van der Waals surface area contributed by atoms with E-state index in [9.17, 15) is 4.79 Å². The van der Waals surface area contributed by atoms with Gasteiger partial charge in [0.2, 0.25) is 0 Å². The van der Waals surface area contributed by atoms with E-state index < -0.39 is 0 Å². The molecular formula is C15H26O2. The maximum Gasteiger partial charge on any atom is 0.310 e. The van der Waals surface area contributed by atoms with E-state index in [4.69, 9.17) is 4.74 Å². The summed E-state index contributed by atoms with van der Waals surface area (Å²) in [6.07, 6.45) is 8.00. The highest BCUT2D eigenvalue weighted by atomic mass is 16.5. The summed E-state index contributed by atoms with van der Waals surface area (Å²) < 4.78 is 4.92. The number of rotatable bonds is 7. The van der Waals surface area contributed by atoms with Gasteiger partial charge in [-0.3, -0.25) is 4.79 Å². The molecule has 98 valence electrons. The zero-order valence-electron chi connectivity index (χ0n) is 11.7. The maximum atomic E-state index is 11.3. The van der Waals surface area contributed by atoms with Crippen LogP contribution >= 0.6 is 0 Å². The van der Waals surface area contributed by atoms with E-state index in [0.29, 0.717) is 11.8 Å². The van der Waals surface area contributed by atoms with Crippen LogP contribution in [0.1, 0.15) is 59.8 Å². The average molecular weight is 238 g/mol. The molecule has 0 unspecified atom stereocenters. The Balaban J connectivity index is 3.49. The van der Waals surface area contributed by atoms with Crippen molar-refractivity contribution in [2.75, 3.05) is 0 Å². The Morgan fingerprint density at radius 2 is 1.88 bits per heavy atom. The van der Waals surface area contributed by atoms with Crippen LogP contribution in [0.5, 0.6) is 0 Å². The van der Waals surface area contributed by atoms with Gasteiger partial charge in [0.15, 0.2) is 0 Å².